The highest BCUT2D eigenvalue weighted by molar-refractivity contribution is 8.26. The second kappa shape index (κ2) is 10.1. The summed E-state index contributed by atoms with van der Waals surface area (Å²) in [6.45, 7) is 4.21. The number of amides is 1. The van der Waals surface area contributed by atoms with Gasteiger partial charge in [0.05, 0.1) is 31.8 Å². The van der Waals surface area contributed by atoms with E-state index in [2.05, 4.69) is 0 Å². The molecule has 3 rings (SSSR count). The summed E-state index contributed by atoms with van der Waals surface area (Å²) in [5, 5.41) is 3.46. The van der Waals surface area contributed by atoms with Gasteiger partial charge >= 0.3 is 5.97 Å². The molecule has 1 aromatic rings. The van der Waals surface area contributed by atoms with E-state index in [1.807, 2.05) is 5.01 Å². The number of thiocarbonyl (C=S) groups is 1. The van der Waals surface area contributed by atoms with Gasteiger partial charge in [0.25, 0.3) is 5.91 Å². The monoisotopic (exact) mass is 438 g/mol. The first kappa shape index (κ1) is 21.6. The standard InChI is InChI=1S/C19H22N2O6S2/c1-3-26-17(22)12-27-14-5-4-13(10-15(14)24-2)11-16-18(23)21(19(28)29-16)20-6-8-25-9-7-20/h4-5,10-11H,3,6-9,12H2,1-2H3/b16-11-. The Balaban J connectivity index is 1.73. The van der Waals surface area contributed by atoms with Gasteiger partial charge in [0.1, 0.15) is 0 Å². The lowest BCUT2D eigenvalue weighted by atomic mass is 10.2. The van der Waals surface area contributed by atoms with Crippen molar-refractivity contribution in [3.8, 4) is 11.5 Å². The maximum Gasteiger partial charge on any atom is 0.344 e. The molecule has 1 aromatic carbocycles. The molecule has 2 aliphatic rings. The van der Waals surface area contributed by atoms with Gasteiger partial charge in [-0.05, 0) is 30.7 Å². The third-order valence-electron chi connectivity index (χ3n) is 4.18. The van der Waals surface area contributed by atoms with Crippen molar-refractivity contribution in [1.82, 2.24) is 10.0 Å². The molecule has 0 saturated carbocycles. The second-order valence-corrected chi connectivity index (χ2v) is 7.74. The topological polar surface area (TPSA) is 77.5 Å². The summed E-state index contributed by atoms with van der Waals surface area (Å²) in [4.78, 5) is 24.8. The Labute approximate surface area is 178 Å². The molecule has 0 N–H and O–H groups in total. The molecule has 0 aromatic heterocycles. The molecule has 0 radical (unpaired) electrons. The van der Waals surface area contributed by atoms with Crippen LogP contribution >= 0.6 is 24.0 Å². The first-order chi connectivity index (χ1) is 14.0. The number of hydrogen-bond acceptors (Lipinski definition) is 9. The van der Waals surface area contributed by atoms with Gasteiger partial charge in [0.15, 0.2) is 22.4 Å². The smallest absolute Gasteiger partial charge is 0.344 e. The number of hydrogen-bond donors (Lipinski definition) is 0. The summed E-state index contributed by atoms with van der Waals surface area (Å²) in [5.41, 5.74) is 0.757. The van der Waals surface area contributed by atoms with Crippen molar-refractivity contribution < 1.29 is 28.5 Å². The molecule has 2 heterocycles. The second-order valence-electron chi connectivity index (χ2n) is 6.06. The zero-order valence-corrected chi connectivity index (χ0v) is 17.8. The van der Waals surface area contributed by atoms with E-state index in [9.17, 15) is 9.59 Å². The third kappa shape index (κ3) is 5.27. The van der Waals surface area contributed by atoms with E-state index >= 15 is 0 Å². The minimum atomic E-state index is -0.453. The number of rotatable bonds is 7. The zero-order valence-electron chi connectivity index (χ0n) is 16.2. The Hall–Kier alpha value is -2.14. The number of ether oxygens (including phenoxy) is 4. The van der Waals surface area contributed by atoms with Crippen LogP contribution in [0.4, 0.5) is 0 Å². The van der Waals surface area contributed by atoms with Gasteiger partial charge in [-0.25, -0.2) is 14.8 Å². The van der Waals surface area contributed by atoms with E-state index in [1.165, 1.54) is 18.9 Å². The van der Waals surface area contributed by atoms with Gasteiger partial charge in [-0.3, -0.25) is 4.79 Å². The van der Waals surface area contributed by atoms with Crippen LogP contribution in [0.25, 0.3) is 6.08 Å². The molecule has 2 fully saturated rings. The number of nitrogens with zero attached hydrogens (tertiary/aromatic N) is 2. The van der Waals surface area contributed by atoms with Gasteiger partial charge in [-0.15, -0.1) is 0 Å². The summed E-state index contributed by atoms with van der Waals surface area (Å²) >= 11 is 6.66. The van der Waals surface area contributed by atoms with Crippen LogP contribution in [0.5, 0.6) is 11.5 Å². The van der Waals surface area contributed by atoms with Crippen molar-refractivity contribution in [1.29, 1.82) is 0 Å². The van der Waals surface area contributed by atoms with Gasteiger partial charge in [0, 0.05) is 13.1 Å². The van der Waals surface area contributed by atoms with Crippen LogP contribution in [0.3, 0.4) is 0 Å². The van der Waals surface area contributed by atoms with Crippen molar-refractivity contribution in [3.63, 3.8) is 0 Å². The van der Waals surface area contributed by atoms with Crippen LogP contribution in [-0.2, 0) is 19.1 Å². The number of methoxy groups -OCH3 is 1. The molecule has 0 aliphatic carbocycles. The van der Waals surface area contributed by atoms with Gasteiger partial charge < -0.3 is 18.9 Å². The highest BCUT2D eigenvalue weighted by atomic mass is 32.2. The van der Waals surface area contributed by atoms with Crippen LogP contribution in [-0.4, -0.2) is 72.8 Å². The molecule has 2 aliphatic heterocycles. The number of esters is 1. The van der Waals surface area contributed by atoms with E-state index in [0.717, 1.165) is 5.56 Å². The summed E-state index contributed by atoms with van der Waals surface area (Å²) in [6, 6.07) is 5.21. The van der Waals surface area contributed by atoms with E-state index in [1.54, 1.807) is 36.2 Å². The molecule has 2 saturated heterocycles. The third-order valence-corrected chi connectivity index (χ3v) is 5.46. The lowest BCUT2D eigenvalue weighted by molar-refractivity contribution is -0.145. The van der Waals surface area contributed by atoms with Crippen LogP contribution in [0.1, 0.15) is 12.5 Å². The van der Waals surface area contributed by atoms with Gasteiger partial charge in [0.2, 0.25) is 0 Å². The molecule has 0 atom stereocenters. The quantitative estimate of drug-likeness (QED) is 0.361. The number of benzene rings is 1. The Morgan fingerprint density at radius 1 is 1.31 bits per heavy atom. The molecule has 8 nitrogen and oxygen atoms in total. The summed E-state index contributed by atoms with van der Waals surface area (Å²) < 4.78 is 21.5. The van der Waals surface area contributed by atoms with Crippen LogP contribution in [0.15, 0.2) is 23.1 Å². The Kier molecular flexibility index (Phi) is 7.48. The average molecular weight is 439 g/mol. The van der Waals surface area contributed by atoms with Crippen molar-refractivity contribution >= 4 is 46.3 Å². The van der Waals surface area contributed by atoms with Crippen molar-refractivity contribution in [2.24, 2.45) is 0 Å². The number of carbonyl (C=O) groups is 2. The van der Waals surface area contributed by atoms with Gasteiger partial charge in [-0.1, -0.05) is 30.0 Å². The fourth-order valence-corrected chi connectivity index (χ4v) is 4.15. The summed E-state index contributed by atoms with van der Waals surface area (Å²) in [6.07, 6.45) is 1.76. The molecule has 0 spiro atoms. The molecular weight excluding hydrogens is 416 g/mol. The largest absolute Gasteiger partial charge is 0.493 e. The Bertz CT molecular complexity index is 823. The van der Waals surface area contributed by atoms with Crippen LogP contribution in [0, 0.1) is 0 Å². The first-order valence-corrected chi connectivity index (χ1v) is 10.3. The van der Waals surface area contributed by atoms with Crippen molar-refractivity contribution in [3.05, 3.63) is 28.7 Å². The first-order valence-electron chi connectivity index (χ1n) is 9.10. The van der Waals surface area contributed by atoms with E-state index in [4.69, 9.17) is 31.2 Å². The number of carbonyl (C=O) groups excluding carboxylic acids is 2. The van der Waals surface area contributed by atoms with E-state index < -0.39 is 5.97 Å². The number of morpholine rings is 1. The molecule has 29 heavy (non-hydrogen) atoms. The lowest BCUT2D eigenvalue weighted by Gasteiger charge is -2.33. The minimum absolute atomic E-state index is 0.150. The molecular formula is C19H22N2O6S2. The fraction of sp³-hybridized carbons (Fsp3) is 0.421. The maximum absolute atomic E-state index is 12.8. The highest BCUT2D eigenvalue weighted by Crippen LogP contribution is 2.35. The Morgan fingerprint density at radius 2 is 2.07 bits per heavy atom. The van der Waals surface area contributed by atoms with Crippen molar-refractivity contribution in [2.45, 2.75) is 6.92 Å². The molecule has 156 valence electrons. The van der Waals surface area contributed by atoms with Crippen LogP contribution in [0.2, 0.25) is 0 Å². The zero-order chi connectivity index (χ0) is 20.8. The van der Waals surface area contributed by atoms with E-state index in [-0.39, 0.29) is 12.5 Å². The van der Waals surface area contributed by atoms with Gasteiger partial charge in [-0.2, -0.15) is 0 Å². The van der Waals surface area contributed by atoms with E-state index in [0.29, 0.717) is 53.6 Å². The highest BCUT2D eigenvalue weighted by Gasteiger charge is 2.36. The molecule has 10 heteroatoms. The number of hydrazine groups is 1. The number of thioether (sulfide) groups is 1. The fourth-order valence-electron chi connectivity index (χ4n) is 2.84. The molecule has 0 unspecified atom stereocenters. The summed E-state index contributed by atoms with van der Waals surface area (Å²) in [7, 11) is 1.51. The Morgan fingerprint density at radius 3 is 2.76 bits per heavy atom. The molecule has 1 amide bonds. The van der Waals surface area contributed by atoms with Crippen molar-refractivity contribution in [2.75, 3.05) is 46.6 Å². The molecule has 0 bridgehead atoms. The summed E-state index contributed by atoms with van der Waals surface area (Å²) in [5.74, 6) is 0.263. The maximum atomic E-state index is 12.8. The average Bonchev–Trinajstić information content (AvgIpc) is 3.00. The SMILES string of the molecule is CCOC(=O)COc1ccc(/C=C2\SC(=S)N(N3CCOCC3)C2=O)cc1OC. The predicted molar refractivity (Wildman–Crippen MR) is 113 cm³/mol. The lowest BCUT2D eigenvalue weighted by Crippen LogP contribution is -2.50. The predicted octanol–water partition coefficient (Wildman–Crippen LogP) is 2.09. The van der Waals surface area contributed by atoms with Crippen LogP contribution < -0.4 is 9.47 Å². The normalized spacial score (nSPS) is 19.0. The minimum Gasteiger partial charge on any atom is -0.493 e.